The van der Waals surface area contributed by atoms with Gasteiger partial charge in [0.05, 0.1) is 17.8 Å². The fourth-order valence-corrected chi connectivity index (χ4v) is 1.87. The summed E-state index contributed by atoms with van der Waals surface area (Å²) >= 11 is 0. The number of amides is 1. The molecule has 2 atom stereocenters. The first-order valence-corrected chi connectivity index (χ1v) is 5.54. The lowest BCUT2D eigenvalue weighted by atomic mass is 10.1. The second kappa shape index (κ2) is 6.13. The van der Waals surface area contributed by atoms with Crippen molar-refractivity contribution >= 4 is 24.0 Å². The number of rotatable bonds is 2. The lowest BCUT2D eigenvalue weighted by Crippen LogP contribution is -2.35. The van der Waals surface area contributed by atoms with Gasteiger partial charge in [0.15, 0.2) is 0 Å². The van der Waals surface area contributed by atoms with E-state index in [2.05, 4.69) is 10.6 Å². The van der Waals surface area contributed by atoms with Gasteiger partial charge in [0.1, 0.15) is 5.82 Å². The van der Waals surface area contributed by atoms with Gasteiger partial charge in [-0.25, -0.2) is 4.39 Å². The van der Waals surface area contributed by atoms with Crippen LogP contribution in [0.15, 0.2) is 18.2 Å². The zero-order valence-corrected chi connectivity index (χ0v) is 10.8. The maximum Gasteiger partial charge on any atom is 0.241 e. The number of carbonyl (C=O) groups is 1. The molecule has 1 amide bonds. The van der Waals surface area contributed by atoms with E-state index in [1.54, 1.807) is 12.1 Å². The van der Waals surface area contributed by atoms with Crippen molar-refractivity contribution in [3.8, 4) is 0 Å². The maximum atomic E-state index is 13.4. The van der Waals surface area contributed by atoms with Crippen molar-refractivity contribution in [2.24, 2.45) is 0 Å². The molecule has 4 nitrogen and oxygen atoms in total. The monoisotopic (exact) mass is 274 g/mol. The Labute approximate surface area is 111 Å². The van der Waals surface area contributed by atoms with E-state index in [9.17, 15) is 14.3 Å². The van der Waals surface area contributed by atoms with E-state index in [0.29, 0.717) is 13.0 Å². The number of aryl methyl sites for hydroxylation is 1. The number of carbonyl (C=O) groups excluding carboxylic acids is 1. The quantitative estimate of drug-likeness (QED) is 0.760. The van der Waals surface area contributed by atoms with Crippen molar-refractivity contribution in [3.05, 3.63) is 29.6 Å². The minimum absolute atomic E-state index is 0. The van der Waals surface area contributed by atoms with E-state index < -0.39 is 18.0 Å². The number of benzene rings is 1. The van der Waals surface area contributed by atoms with Crippen LogP contribution >= 0.6 is 12.4 Å². The minimum atomic E-state index is -0.506. The smallest absolute Gasteiger partial charge is 0.241 e. The molecule has 1 aromatic carbocycles. The zero-order valence-electron chi connectivity index (χ0n) is 9.94. The first-order valence-electron chi connectivity index (χ1n) is 5.54. The first-order chi connectivity index (χ1) is 8.06. The summed E-state index contributed by atoms with van der Waals surface area (Å²) in [4.78, 5) is 11.8. The third kappa shape index (κ3) is 3.41. The van der Waals surface area contributed by atoms with E-state index in [-0.39, 0.29) is 24.0 Å². The van der Waals surface area contributed by atoms with Gasteiger partial charge >= 0.3 is 0 Å². The van der Waals surface area contributed by atoms with Crippen LogP contribution < -0.4 is 10.6 Å². The molecule has 0 bridgehead atoms. The van der Waals surface area contributed by atoms with Crippen molar-refractivity contribution in [3.63, 3.8) is 0 Å². The van der Waals surface area contributed by atoms with Crippen LogP contribution in [0.4, 0.5) is 10.1 Å². The molecule has 1 heterocycles. The third-order valence-electron chi connectivity index (χ3n) is 2.80. The summed E-state index contributed by atoms with van der Waals surface area (Å²) in [5, 5.41) is 14.7. The Morgan fingerprint density at radius 1 is 1.56 bits per heavy atom. The summed E-state index contributed by atoms with van der Waals surface area (Å²) in [5.41, 5.74) is 1.05. The molecule has 3 N–H and O–H groups in total. The van der Waals surface area contributed by atoms with Crippen LogP contribution in [-0.2, 0) is 4.79 Å². The number of halogens is 2. The third-order valence-corrected chi connectivity index (χ3v) is 2.80. The molecule has 0 aromatic heterocycles. The highest BCUT2D eigenvalue weighted by Gasteiger charge is 2.28. The molecule has 1 saturated heterocycles. The van der Waals surface area contributed by atoms with Gasteiger partial charge in [0.25, 0.3) is 0 Å². The lowest BCUT2D eigenvalue weighted by Gasteiger charge is -2.12. The molecule has 100 valence electrons. The summed E-state index contributed by atoms with van der Waals surface area (Å²) in [5.74, 6) is -0.770. The normalized spacial score (nSPS) is 22.4. The molecule has 0 aliphatic carbocycles. The van der Waals surface area contributed by atoms with Gasteiger partial charge in [-0.05, 0) is 31.0 Å². The Hall–Kier alpha value is -1.17. The summed E-state index contributed by atoms with van der Waals surface area (Å²) in [6, 6.07) is 4.09. The molecule has 0 radical (unpaired) electrons. The van der Waals surface area contributed by atoms with Gasteiger partial charge < -0.3 is 15.7 Å². The largest absolute Gasteiger partial charge is 0.392 e. The molecule has 2 rings (SSSR count). The van der Waals surface area contributed by atoms with Crippen LogP contribution in [-0.4, -0.2) is 29.7 Å². The topological polar surface area (TPSA) is 61.4 Å². The van der Waals surface area contributed by atoms with Crippen LogP contribution in [0.3, 0.4) is 0 Å². The Balaban J connectivity index is 0.00000162. The van der Waals surface area contributed by atoms with Gasteiger partial charge in [-0.2, -0.15) is 0 Å². The van der Waals surface area contributed by atoms with E-state index in [1.807, 2.05) is 6.92 Å². The average Bonchev–Trinajstić information content (AvgIpc) is 2.70. The lowest BCUT2D eigenvalue weighted by molar-refractivity contribution is -0.118. The number of aliphatic hydroxyl groups is 1. The average molecular weight is 275 g/mol. The summed E-state index contributed by atoms with van der Waals surface area (Å²) in [7, 11) is 0. The summed E-state index contributed by atoms with van der Waals surface area (Å²) < 4.78 is 13.4. The molecule has 6 heteroatoms. The number of hydrogen-bond acceptors (Lipinski definition) is 3. The summed E-state index contributed by atoms with van der Waals surface area (Å²) in [6.45, 7) is 2.22. The van der Waals surface area contributed by atoms with E-state index >= 15 is 0 Å². The number of nitrogens with one attached hydrogen (secondary N) is 2. The molecule has 18 heavy (non-hydrogen) atoms. The fourth-order valence-electron chi connectivity index (χ4n) is 1.87. The van der Waals surface area contributed by atoms with Crippen molar-refractivity contribution in [2.45, 2.75) is 25.5 Å². The molecule has 1 aromatic rings. The van der Waals surface area contributed by atoms with Crippen molar-refractivity contribution in [2.75, 3.05) is 11.9 Å². The van der Waals surface area contributed by atoms with Crippen molar-refractivity contribution < 1.29 is 14.3 Å². The SMILES string of the molecule is Cc1ccc(F)c(NC(=O)C2CC(O)CN2)c1.Cl. The van der Waals surface area contributed by atoms with E-state index in [0.717, 1.165) is 5.56 Å². The van der Waals surface area contributed by atoms with Crippen LogP contribution in [0.5, 0.6) is 0 Å². The van der Waals surface area contributed by atoms with E-state index in [1.165, 1.54) is 6.07 Å². The van der Waals surface area contributed by atoms with Crippen LogP contribution in [0, 0.1) is 12.7 Å². The fraction of sp³-hybridized carbons (Fsp3) is 0.417. The molecular formula is C12H16ClFN2O2. The summed E-state index contributed by atoms with van der Waals surface area (Å²) in [6.07, 6.45) is -0.146. The predicted octanol–water partition coefficient (Wildman–Crippen LogP) is 1.22. The number of anilines is 1. The van der Waals surface area contributed by atoms with Gasteiger partial charge in [0, 0.05) is 6.54 Å². The Morgan fingerprint density at radius 2 is 2.28 bits per heavy atom. The Morgan fingerprint density at radius 3 is 2.89 bits per heavy atom. The Kier molecular flexibility index (Phi) is 5.07. The van der Waals surface area contributed by atoms with Gasteiger partial charge in [0.2, 0.25) is 5.91 Å². The minimum Gasteiger partial charge on any atom is -0.392 e. The maximum absolute atomic E-state index is 13.4. The second-order valence-corrected chi connectivity index (χ2v) is 4.32. The molecule has 0 spiro atoms. The van der Waals surface area contributed by atoms with Gasteiger partial charge in [-0.1, -0.05) is 6.07 Å². The molecular weight excluding hydrogens is 259 g/mol. The zero-order chi connectivity index (χ0) is 12.4. The Bertz CT molecular complexity index is 442. The molecule has 1 fully saturated rings. The molecule has 2 unspecified atom stereocenters. The number of aliphatic hydroxyl groups excluding tert-OH is 1. The molecule has 1 aliphatic heterocycles. The van der Waals surface area contributed by atoms with Crippen molar-refractivity contribution in [1.82, 2.24) is 5.32 Å². The highest BCUT2D eigenvalue weighted by atomic mass is 35.5. The van der Waals surface area contributed by atoms with Crippen LogP contribution in [0.1, 0.15) is 12.0 Å². The highest BCUT2D eigenvalue weighted by molar-refractivity contribution is 5.95. The number of hydrogen-bond donors (Lipinski definition) is 3. The van der Waals surface area contributed by atoms with Crippen LogP contribution in [0.25, 0.3) is 0 Å². The van der Waals surface area contributed by atoms with Gasteiger partial charge in [-0.15, -0.1) is 12.4 Å². The standard InChI is InChI=1S/C12H15FN2O2.ClH/c1-7-2-3-9(13)10(4-7)15-12(17)11-5-8(16)6-14-11;/h2-4,8,11,14,16H,5-6H2,1H3,(H,15,17);1H. The second-order valence-electron chi connectivity index (χ2n) is 4.32. The van der Waals surface area contributed by atoms with E-state index in [4.69, 9.17) is 0 Å². The van der Waals surface area contributed by atoms with Gasteiger partial charge in [-0.3, -0.25) is 4.79 Å². The molecule has 1 aliphatic rings. The highest BCUT2D eigenvalue weighted by Crippen LogP contribution is 2.17. The van der Waals surface area contributed by atoms with Crippen LogP contribution in [0.2, 0.25) is 0 Å². The predicted molar refractivity (Wildman–Crippen MR) is 69.4 cm³/mol. The van der Waals surface area contributed by atoms with Crippen molar-refractivity contribution in [1.29, 1.82) is 0 Å². The first kappa shape index (κ1) is 14.9. The molecule has 0 saturated carbocycles. The number of β-amino-alcohol motifs (C(OH)–C–C–N with tert-alkyl or cyclic N) is 1.